The van der Waals surface area contributed by atoms with Crippen molar-refractivity contribution < 1.29 is 14.3 Å². The van der Waals surface area contributed by atoms with Crippen LogP contribution in [0.15, 0.2) is 30.3 Å². The van der Waals surface area contributed by atoms with Gasteiger partial charge in [0.15, 0.2) is 0 Å². The summed E-state index contributed by atoms with van der Waals surface area (Å²) in [5.41, 5.74) is 1.68. The molecule has 0 N–H and O–H groups in total. The zero-order valence-corrected chi connectivity index (χ0v) is 19.9. The molecule has 1 saturated heterocycles. The largest absolute Gasteiger partial charge is 0.495 e. The van der Waals surface area contributed by atoms with Crippen molar-refractivity contribution in [2.75, 3.05) is 20.2 Å². The predicted molar refractivity (Wildman–Crippen MR) is 127 cm³/mol. The van der Waals surface area contributed by atoms with E-state index in [0.717, 1.165) is 41.1 Å². The fourth-order valence-corrected chi connectivity index (χ4v) is 4.83. The number of halogens is 2. The lowest BCUT2D eigenvalue weighted by atomic mass is 10.1. The van der Waals surface area contributed by atoms with Crippen molar-refractivity contribution >= 4 is 51.1 Å². The van der Waals surface area contributed by atoms with Gasteiger partial charge < -0.3 is 18.9 Å². The van der Waals surface area contributed by atoms with Crippen molar-refractivity contribution in [2.24, 2.45) is 0 Å². The van der Waals surface area contributed by atoms with Gasteiger partial charge in [0.1, 0.15) is 11.4 Å². The molecule has 0 radical (unpaired) electrons. The van der Waals surface area contributed by atoms with E-state index in [1.165, 1.54) is 0 Å². The average Bonchev–Trinajstić information content (AvgIpc) is 2.84. The number of aromatic nitrogens is 1. The van der Waals surface area contributed by atoms with Gasteiger partial charge in [0.2, 0.25) is 0 Å². The molecule has 0 unspecified atom stereocenters. The summed E-state index contributed by atoms with van der Waals surface area (Å²) >= 11 is 12.8. The highest BCUT2D eigenvalue weighted by Gasteiger charge is 2.27. The molecule has 5 nitrogen and oxygen atoms in total. The van der Waals surface area contributed by atoms with Crippen molar-refractivity contribution in [2.45, 2.75) is 51.7 Å². The predicted octanol–water partition coefficient (Wildman–Crippen LogP) is 7.07. The molecule has 0 bridgehead atoms. The Bertz CT molecular complexity index is 1130. The van der Waals surface area contributed by atoms with Crippen molar-refractivity contribution in [3.63, 3.8) is 0 Å². The highest BCUT2D eigenvalue weighted by Crippen LogP contribution is 2.40. The van der Waals surface area contributed by atoms with Crippen LogP contribution in [0.1, 0.15) is 46.1 Å². The fourth-order valence-electron chi connectivity index (χ4n) is 4.42. The molecule has 0 saturated carbocycles. The zero-order chi connectivity index (χ0) is 22.3. The molecule has 1 amide bonds. The minimum Gasteiger partial charge on any atom is -0.495 e. The van der Waals surface area contributed by atoms with Gasteiger partial charge >= 0.3 is 6.09 Å². The first-order valence-electron chi connectivity index (χ1n) is 10.6. The van der Waals surface area contributed by atoms with Gasteiger partial charge in [0, 0.05) is 46.5 Å². The third-order valence-corrected chi connectivity index (χ3v) is 6.28. The first-order valence-corrected chi connectivity index (χ1v) is 11.4. The Morgan fingerprint density at radius 2 is 1.77 bits per heavy atom. The summed E-state index contributed by atoms with van der Waals surface area (Å²) in [7, 11) is 1.63. The van der Waals surface area contributed by atoms with Crippen LogP contribution in [0.4, 0.5) is 4.79 Å². The maximum absolute atomic E-state index is 12.6. The maximum Gasteiger partial charge on any atom is 0.410 e. The van der Waals surface area contributed by atoms with Crippen molar-refractivity contribution in [1.29, 1.82) is 0 Å². The molecule has 3 aromatic rings. The lowest BCUT2D eigenvalue weighted by Crippen LogP contribution is -2.37. The second kappa shape index (κ2) is 8.44. The number of rotatable bonds is 2. The van der Waals surface area contributed by atoms with Crippen LogP contribution in [-0.2, 0) is 4.74 Å². The van der Waals surface area contributed by atoms with E-state index < -0.39 is 5.60 Å². The summed E-state index contributed by atoms with van der Waals surface area (Å²) in [5.74, 6) is 0.647. The van der Waals surface area contributed by atoms with Crippen LogP contribution >= 0.6 is 23.2 Å². The number of ether oxygens (including phenoxy) is 2. The Labute approximate surface area is 192 Å². The van der Waals surface area contributed by atoms with Gasteiger partial charge in [0.05, 0.1) is 17.6 Å². The Morgan fingerprint density at radius 1 is 1.03 bits per heavy atom. The monoisotopic (exact) mass is 462 g/mol. The second-order valence-corrected chi connectivity index (χ2v) is 9.93. The highest BCUT2D eigenvalue weighted by molar-refractivity contribution is 6.34. The fraction of sp³-hybridized carbons (Fsp3) is 0.458. The average molecular weight is 463 g/mol. The molecule has 1 aliphatic rings. The van der Waals surface area contributed by atoms with E-state index in [-0.39, 0.29) is 12.1 Å². The number of amides is 1. The quantitative estimate of drug-likeness (QED) is 0.408. The molecule has 1 atom stereocenters. The number of methoxy groups -OCH3 is 1. The number of likely N-dealkylation sites (tertiary alicyclic amines) is 1. The molecular formula is C24H28Cl2N2O3. The number of carbonyl (C=O) groups excluding carboxylic acids is 1. The van der Waals surface area contributed by atoms with E-state index in [1.54, 1.807) is 7.11 Å². The molecule has 7 heteroatoms. The van der Waals surface area contributed by atoms with E-state index in [1.807, 2.05) is 49.9 Å². The van der Waals surface area contributed by atoms with E-state index in [2.05, 4.69) is 10.6 Å². The Morgan fingerprint density at radius 3 is 2.48 bits per heavy atom. The SMILES string of the molecule is COc1cc2c(cc1Cl)c1cc(Cl)ccc1n2[C@@H]1CCCN(C(=O)OC(C)(C)C)CC1. The summed E-state index contributed by atoms with van der Waals surface area (Å²) in [6.07, 6.45) is 2.47. The van der Waals surface area contributed by atoms with Crippen molar-refractivity contribution in [3.8, 4) is 5.75 Å². The molecule has 2 heterocycles. The molecule has 1 aliphatic heterocycles. The minimum atomic E-state index is -0.495. The van der Waals surface area contributed by atoms with E-state index >= 15 is 0 Å². The molecule has 31 heavy (non-hydrogen) atoms. The van der Waals surface area contributed by atoms with Crippen molar-refractivity contribution in [3.05, 3.63) is 40.4 Å². The van der Waals surface area contributed by atoms with Crippen LogP contribution in [0.25, 0.3) is 21.8 Å². The molecule has 2 aromatic carbocycles. The first kappa shape index (κ1) is 22.1. The van der Waals surface area contributed by atoms with Crippen LogP contribution in [0.3, 0.4) is 0 Å². The smallest absolute Gasteiger partial charge is 0.410 e. The Balaban J connectivity index is 1.74. The van der Waals surface area contributed by atoms with E-state index in [0.29, 0.717) is 28.9 Å². The molecule has 4 rings (SSSR count). The number of carbonyl (C=O) groups is 1. The normalized spacial score (nSPS) is 17.7. The summed E-state index contributed by atoms with van der Waals surface area (Å²) in [5, 5.41) is 3.39. The van der Waals surface area contributed by atoms with Gasteiger partial charge in [0.25, 0.3) is 0 Å². The third-order valence-electron chi connectivity index (χ3n) is 5.75. The summed E-state index contributed by atoms with van der Waals surface area (Å²) in [4.78, 5) is 14.4. The minimum absolute atomic E-state index is 0.236. The summed E-state index contributed by atoms with van der Waals surface area (Å²) in [6.45, 7) is 7.04. The number of hydrogen-bond donors (Lipinski definition) is 0. The highest BCUT2D eigenvalue weighted by atomic mass is 35.5. The molecule has 1 fully saturated rings. The van der Waals surface area contributed by atoms with Crippen LogP contribution < -0.4 is 4.74 Å². The van der Waals surface area contributed by atoms with Crippen LogP contribution in [0.5, 0.6) is 5.75 Å². The van der Waals surface area contributed by atoms with Crippen LogP contribution in [0.2, 0.25) is 10.0 Å². The Kier molecular flexibility index (Phi) is 6.01. The van der Waals surface area contributed by atoms with Crippen LogP contribution in [0, 0.1) is 0 Å². The second-order valence-electron chi connectivity index (χ2n) is 9.09. The van der Waals surface area contributed by atoms with Gasteiger partial charge in [-0.05, 0) is 64.3 Å². The van der Waals surface area contributed by atoms with Crippen molar-refractivity contribution in [1.82, 2.24) is 9.47 Å². The van der Waals surface area contributed by atoms with E-state index in [4.69, 9.17) is 32.7 Å². The standard InChI is InChI=1S/C24H28Cl2N2O3/c1-24(2,3)31-23(29)27-10-5-6-16(9-11-27)28-20-8-7-15(25)12-17(20)18-13-19(26)22(30-4)14-21(18)28/h7-8,12-14,16H,5-6,9-11H2,1-4H3/t16-/m1/s1. The topological polar surface area (TPSA) is 43.7 Å². The van der Waals surface area contributed by atoms with Gasteiger partial charge in [-0.25, -0.2) is 4.79 Å². The molecule has 1 aromatic heterocycles. The van der Waals surface area contributed by atoms with E-state index in [9.17, 15) is 4.79 Å². The van der Waals surface area contributed by atoms with Gasteiger partial charge in [-0.1, -0.05) is 23.2 Å². The number of fused-ring (bicyclic) bond motifs is 3. The molecule has 166 valence electrons. The number of benzene rings is 2. The summed E-state index contributed by atoms with van der Waals surface area (Å²) in [6, 6.07) is 10.2. The molecule has 0 aliphatic carbocycles. The number of hydrogen-bond acceptors (Lipinski definition) is 3. The van der Waals surface area contributed by atoms with Gasteiger partial charge in [-0.15, -0.1) is 0 Å². The Hall–Kier alpha value is -2.11. The lowest BCUT2D eigenvalue weighted by molar-refractivity contribution is 0.0255. The molecular weight excluding hydrogens is 435 g/mol. The zero-order valence-electron chi connectivity index (χ0n) is 18.4. The maximum atomic E-state index is 12.6. The third kappa shape index (κ3) is 4.44. The first-order chi connectivity index (χ1) is 14.7. The summed E-state index contributed by atoms with van der Waals surface area (Å²) < 4.78 is 13.4. The van der Waals surface area contributed by atoms with Gasteiger partial charge in [-0.3, -0.25) is 0 Å². The van der Waals surface area contributed by atoms with Crippen LogP contribution in [-0.4, -0.2) is 41.4 Å². The molecule has 0 spiro atoms. The van der Waals surface area contributed by atoms with Gasteiger partial charge in [-0.2, -0.15) is 0 Å². The lowest BCUT2D eigenvalue weighted by Gasteiger charge is -2.26. The number of nitrogens with zero attached hydrogens (tertiary/aromatic N) is 2.